The molecule has 0 spiro atoms. The fraction of sp³-hybridized carbons (Fsp3) is 1.00. The van der Waals surface area contributed by atoms with Gasteiger partial charge >= 0.3 is 8.80 Å². The fourth-order valence-corrected chi connectivity index (χ4v) is 2.73. The zero-order chi connectivity index (χ0) is 8.74. The van der Waals surface area contributed by atoms with Crippen molar-refractivity contribution in [1.82, 2.24) is 0 Å². The summed E-state index contributed by atoms with van der Waals surface area (Å²) in [6.45, 7) is 9.73. The summed E-state index contributed by atoms with van der Waals surface area (Å²) in [4.78, 5) is 0. The Hall–Kier alpha value is 0.0569. The fourth-order valence-electron chi connectivity index (χ4n) is 0.912. The van der Waals surface area contributed by atoms with Crippen molar-refractivity contribution < 1.29 is 18.8 Å². The van der Waals surface area contributed by atoms with Crippen LogP contribution in [0, 0.1) is 0 Å². The van der Waals surface area contributed by atoms with Gasteiger partial charge in [0.1, 0.15) is 0 Å². The molecule has 0 saturated carbocycles. The molecule has 0 aromatic rings. The summed E-state index contributed by atoms with van der Waals surface area (Å²) in [5.41, 5.74) is 0. The summed E-state index contributed by atoms with van der Waals surface area (Å²) in [5, 5.41) is 0. The van der Waals surface area contributed by atoms with Crippen LogP contribution in [0.25, 0.3) is 0 Å². The average Bonchev–Trinajstić information content (AvgIpc) is 1.88. The van der Waals surface area contributed by atoms with Gasteiger partial charge in [-0.2, -0.15) is 0 Å². The number of rotatable bonds is 6. The molecule has 0 aromatic heterocycles. The maximum atomic E-state index is 5.40. The molecule has 2 radical (unpaired) electrons. The zero-order valence-corrected chi connectivity index (χ0v) is 9.25. The maximum absolute atomic E-state index is 5.40. The Morgan fingerprint density at radius 2 is 1.08 bits per heavy atom. The molecule has 0 atom stereocenters. The van der Waals surface area contributed by atoms with E-state index < -0.39 is 8.80 Å². The van der Waals surface area contributed by atoms with E-state index in [-0.39, 0.29) is 5.48 Å². The molecule has 0 saturated heterocycles. The van der Waals surface area contributed by atoms with Crippen molar-refractivity contribution in [1.29, 1.82) is 0 Å². The van der Waals surface area contributed by atoms with Crippen molar-refractivity contribution >= 4 is 8.80 Å². The lowest BCUT2D eigenvalue weighted by Gasteiger charge is -2.23. The predicted octanol–water partition coefficient (Wildman–Crippen LogP) is 1.55. The summed E-state index contributed by atoms with van der Waals surface area (Å²) in [5.74, 6) is 0. The molecule has 12 heavy (non-hydrogen) atoms. The van der Waals surface area contributed by atoms with Crippen molar-refractivity contribution in [2.75, 3.05) is 19.8 Å². The Morgan fingerprint density at radius 1 is 0.833 bits per heavy atom. The van der Waals surface area contributed by atoms with Crippen LogP contribution in [0.1, 0.15) is 20.8 Å². The van der Waals surface area contributed by atoms with Gasteiger partial charge in [0, 0.05) is 31.8 Å². The Kier molecular flexibility index (Phi) is 9.34. The number of hydrogen-bond donors (Lipinski definition) is 0. The van der Waals surface area contributed by atoms with Crippen molar-refractivity contribution in [3.8, 4) is 0 Å². The Balaban J connectivity index is 0. The second-order valence-corrected chi connectivity index (χ2v) is 4.75. The third-order valence-electron chi connectivity index (χ3n) is 1.22. The molecule has 0 bridgehead atoms. The molecule has 0 unspecified atom stereocenters. The highest BCUT2D eigenvalue weighted by Gasteiger charge is 2.32. The van der Waals surface area contributed by atoms with Gasteiger partial charge in [0.2, 0.25) is 0 Å². The minimum Gasteiger partial charge on any atom is -0.374 e. The van der Waals surface area contributed by atoms with Crippen LogP contribution in [0.3, 0.4) is 0 Å². The topological polar surface area (TPSA) is 56.2 Å². The molecule has 0 aromatic carbocycles. The van der Waals surface area contributed by atoms with E-state index in [0.29, 0.717) is 19.8 Å². The van der Waals surface area contributed by atoms with Gasteiger partial charge in [0.25, 0.3) is 0 Å². The molecule has 0 aliphatic carbocycles. The summed E-state index contributed by atoms with van der Waals surface area (Å²) in [6, 6.07) is 0. The maximum Gasteiger partial charge on any atom is 0.497 e. The van der Waals surface area contributed by atoms with E-state index in [1.165, 1.54) is 0 Å². The minimum absolute atomic E-state index is 0. The SMILES string of the molecule is CCO[Si](C)(OCC)OCC.[O]. The third-order valence-corrected chi connectivity index (χ3v) is 3.66. The molecular formula is C7H18O4Si. The molecule has 0 aliphatic heterocycles. The molecule has 4 nitrogen and oxygen atoms in total. The smallest absolute Gasteiger partial charge is 0.374 e. The van der Waals surface area contributed by atoms with Gasteiger partial charge in [-0.05, 0) is 20.8 Å². The lowest BCUT2D eigenvalue weighted by Crippen LogP contribution is -2.42. The van der Waals surface area contributed by atoms with Crippen LogP contribution in [0.15, 0.2) is 0 Å². The van der Waals surface area contributed by atoms with Crippen molar-refractivity contribution in [2.24, 2.45) is 0 Å². The van der Waals surface area contributed by atoms with E-state index in [2.05, 4.69) is 0 Å². The van der Waals surface area contributed by atoms with Gasteiger partial charge in [-0.1, -0.05) is 0 Å². The highest BCUT2D eigenvalue weighted by molar-refractivity contribution is 6.59. The minimum atomic E-state index is -2.25. The summed E-state index contributed by atoms with van der Waals surface area (Å²) < 4.78 is 16.2. The van der Waals surface area contributed by atoms with Crippen molar-refractivity contribution in [2.45, 2.75) is 27.3 Å². The first-order valence-corrected chi connectivity index (χ1v) is 6.32. The van der Waals surface area contributed by atoms with Gasteiger partial charge in [-0.25, -0.2) is 0 Å². The second kappa shape index (κ2) is 7.69. The monoisotopic (exact) mass is 194 g/mol. The van der Waals surface area contributed by atoms with Crippen LogP contribution < -0.4 is 0 Å². The van der Waals surface area contributed by atoms with E-state index in [0.717, 1.165) is 0 Å². The van der Waals surface area contributed by atoms with Gasteiger partial charge in [0.05, 0.1) is 0 Å². The van der Waals surface area contributed by atoms with Crippen molar-refractivity contribution in [3.05, 3.63) is 0 Å². The van der Waals surface area contributed by atoms with Gasteiger partial charge in [0.15, 0.2) is 0 Å². The Bertz CT molecular complexity index is 82.4. The first-order valence-electron chi connectivity index (χ1n) is 4.10. The summed E-state index contributed by atoms with van der Waals surface area (Å²) >= 11 is 0. The molecule has 0 rings (SSSR count). The standard InChI is InChI=1S/C7H18O3Si.O/c1-5-8-11(4,9-6-2)10-7-3;/h5-7H2,1-4H3;. The van der Waals surface area contributed by atoms with Crippen LogP contribution in [0.5, 0.6) is 0 Å². The first kappa shape index (κ1) is 14.6. The summed E-state index contributed by atoms with van der Waals surface area (Å²) in [7, 11) is -2.25. The Morgan fingerprint density at radius 3 is 1.25 bits per heavy atom. The normalized spacial score (nSPS) is 11.0. The summed E-state index contributed by atoms with van der Waals surface area (Å²) in [6.07, 6.45) is 0. The lowest BCUT2D eigenvalue weighted by molar-refractivity contribution is 0.0783. The quantitative estimate of drug-likeness (QED) is 0.603. The van der Waals surface area contributed by atoms with Crippen LogP contribution in [-0.2, 0) is 18.8 Å². The van der Waals surface area contributed by atoms with Gasteiger partial charge in [-0.15, -0.1) is 0 Å². The van der Waals surface area contributed by atoms with Crippen molar-refractivity contribution in [3.63, 3.8) is 0 Å². The first-order chi connectivity index (χ1) is 5.18. The van der Waals surface area contributed by atoms with Crippen LogP contribution in [0.4, 0.5) is 0 Å². The molecule has 0 fully saturated rings. The highest BCUT2D eigenvalue weighted by atomic mass is 28.4. The van der Waals surface area contributed by atoms with Gasteiger partial charge < -0.3 is 13.3 Å². The predicted molar refractivity (Wildman–Crippen MR) is 47.2 cm³/mol. The molecule has 0 heterocycles. The van der Waals surface area contributed by atoms with E-state index >= 15 is 0 Å². The van der Waals surface area contributed by atoms with Gasteiger partial charge in [-0.3, -0.25) is 0 Å². The third kappa shape index (κ3) is 5.67. The average molecular weight is 194 g/mol. The van der Waals surface area contributed by atoms with E-state index in [4.69, 9.17) is 13.3 Å². The molecule has 0 amide bonds. The van der Waals surface area contributed by atoms with E-state index in [1.807, 2.05) is 27.3 Å². The molecule has 0 N–H and O–H groups in total. The zero-order valence-electron chi connectivity index (χ0n) is 8.25. The lowest BCUT2D eigenvalue weighted by atomic mass is 10.9. The van der Waals surface area contributed by atoms with Crippen LogP contribution in [0.2, 0.25) is 6.55 Å². The van der Waals surface area contributed by atoms with Crippen LogP contribution in [-0.4, -0.2) is 28.6 Å². The van der Waals surface area contributed by atoms with E-state index in [9.17, 15) is 0 Å². The highest BCUT2D eigenvalue weighted by Crippen LogP contribution is 2.08. The molecule has 5 heteroatoms. The molecular weight excluding hydrogens is 176 g/mol. The molecule has 74 valence electrons. The second-order valence-electron chi connectivity index (χ2n) is 2.16. The molecule has 0 aliphatic rings. The Labute approximate surface area is 75.5 Å². The number of hydrogen-bond acceptors (Lipinski definition) is 3. The van der Waals surface area contributed by atoms with Crippen LogP contribution >= 0.6 is 0 Å². The van der Waals surface area contributed by atoms with E-state index in [1.54, 1.807) is 0 Å². The largest absolute Gasteiger partial charge is 0.497 e.